The number of hydrogen-bond acceptors (Lipinski definition) is 6. The van der Waals surface area contributed by atoms with E-state index in [-0.39, 0.29) is 36.2 Å². The first kappa shape index (κ1) is 52.7. The Labute approximate surface area is 406 Å². The summed E-state index contributed by atoms with van der Waals surface area (Å²) in [6.07, 6.45) is 2.99. The normalized spacial score (nSPS) is 12.3. The summed E-state index contributed by atoms with van der Waals surface area (Å²) in [5, 5.41) is 5.12. The van der Waals surface area contributed by atoms with Crippen LogP contribution in [0.15, 0.2) is 35.3 Å². The molecule has 388 valence electrons. The minimum atomic E-state index is -2.94. The number of urea groups is 1. The summed E-state index contributed by atoms with van der Waals surface area (Å²) in [7, 11) is 1.30. The second-order valence-corrected chi connectivity index (χ2v) is 19.0. The van der Waals surface area contributed by atoms with Crippen LogP contribution in [-0.2, 0) is 13.3 Å². The van der Waals surface area contributed by atoms with Crippen LogP contribution in [0.1, 0.15) is 23.4 Å². The molecule has 1 aliphatic rings. The van der Waals surface area contributed by atoms with Gasteiger partial charge in [-0.05, 0) is 48.9 Å². The van der Waals surface area contributed by atoms with E-state index in [9.17, 15) is 26.7 Å². The molecule has 8 rings (SSSR count). The van der Waals surface area contributed by atoms with E-state index in [1.807, 2.05) is 0 Å². The van der Waals surface area contributed by atoms with Gasteiger partial charge in [0.05, 0.1) is 51.2 Å². The topological polar surface area (TPSA) is 141 Å². The number of aliphatic imine (C=N–C) groups is 1. The minimum absolute atomic E-state index is 0.151. The number of hydrogen-bond donors (Lipinski definition) is 5. The Morgan fingerprint density at radius 1 is 0.514 bits per heavy atom. The molecule has 0 saturated carbocycles. The molecule has 1 aliphatic heterocycles. The van der Waals surface area contributed by atoms with Gasteiger partial charge in [-0.3, -0.25) is 4.99 Å². The maximum Gasteiger partial charge on any atom is 0.500 e. The first-order valence-corrected chi connectivity index (χ1v) is 23.2. The molecule has 0 radical (unpaired) electrons. The molecule has 0 spiro atoms. The van der Waals surface area contributed by atoms with Crippen molar-refractivity contribution in [3.05, 3.63) is 135 Å². The molecule has 5 N–H and O–H groups in total. The van der Waals surface area contributed by atoms with E-state index < -0.39 is 169 Å². The Morgan fingerprint density at radius 2 is 0.892 bits per heavy atom. The average Bonchev–Trinajstić information content (AvgIpc) is 4.25. The fraction of sp³-hybridized carbons (Fsp3) is 0.170. The highest BCUT2D eigenvalue weighted by atomic mass is 28.4. The first-order chi connectivity index (χ1) is 35.2. The number of amides is 2. The number of rotatable bonds is 14. The second-order valence-electron chi connectivity index (χ2n) is 15.9. The zero-order chi connectivity index (χ0) is 53.7. The van der Waals surface area contributed by atoms with Gasteiger partial charge in [-0.2, -0.15) is 0 Å². The third kappa shape index (κ3) is 9.12. The quantitative estimate of drug-likeness (QED) is 0.0184. The maximum absolute atomic E-state index is 16.1. The van der Waals surface area contributed by atoms with Gasteiger partial charge < -0.3 is 38.9 Å². The maximum atomic E-state index is 16.1. The predicted molar refractivity (Wildman–Crippen MR) is 241 cm³/mol. The fourth-order valence-electron chi connectivity index (χ4n) is 8.14. The molecule has 74 heavy (non-hydrogen) atoms. The van der Waals surface area contributed by atoms with Crippen molar-refractivity contribution in [2.45, 2.75) is 12.5 Å². The van der Waals surface area contributed by atoms with Crippen LogP contribution in [0, 0.1) is 87.3 Å². The minimum Gasteiger partial charge on any atom is -0.377 e. The SMILES string of the molecule is CO[Si](CCCNC(=O)NCCN=Cc1cc2[nH]c1c(-c1c(F)c(F)c(F)c(F)c1F)c1ccc([nH]1)c(-c1c(F)c(F)c(F)c(F)c1F)c1nc(c(-c3c(F)c(F)c(F)c(F)c3F)c3ccc2[nH]3)C=C1)(OC)OC. The summed E-state index contributed by atoms with van der Waals surface area (Å²) in [5.74, 6) is -37.3. The predicted octanol–water partition coefficient (Wildman–Crippen LogP) is 11.8. The summed E-state index contributed by atoms with van der Waals surface area (Å²) >= 11 is 0. The summed E-state index contributed by atoms with van der Waals surface area (Å²) in [5.41, 5.74) is -12.8. The number of H-pyrrole nitrogens is 3. The molecule has 4 aromatic heterocycles. The van der Waals surface area contributed by atoms with Crippen molar-refractivity contribution in [3.63, 3.8) is 0 Å². The van der Waals surface area contributed by atoms with Crippen molar-refractivity contribution < 1.29 is 83.9 Å². The molecule has 5 heterocycles. The van der Waals surface area contributed by atoms with Crippen LogP contribution >= 0.6 is 0 Å². The largest absolute Gasteiger partial charge is 0.500 e. The lowest BCUT2D eigenvalue weighted by molar-refractivity contribution is 0.123. The van der Waals surface area contributed by atoms with Gasteiger partial charge in [0.1, 0.15) is 0 Å². The van der Waals surface area contributed by atoms with Crippen molar-refractivity contribution in [2.24, 2.45) is 4.99 Å². The van der Waals surface area contributed by atoms with Gasteiger partial charge in [-0.1, -0.05) is 0 Å². The van der Waals surface area contributed by atoms with Crippen LogP contribution in [0.5, 0.6) is 0 Å². The van der Waals surface area contributed by atoms with E-state index in [1.54, 1.807) is 0 Å². The van der Waals surface area contributed by atoms with E-state index in [4.69, 9.17) is 13.3 Å². The molecule has 0 saturated heterocycles. The van der Waals surface area contributed by atoms with Crippen molar-refractivity contribution in [2.75, 3.05) is 41.0 Å². The molecule has 0 aliphatic carbocycles. The molecule has 7 aromatic rings. The van der Waals surface area contributed by atoms with Gasteiger partial charge in [0.25, 0.3) is 0 Å². The summed E-state index contributed by atoms with van der Waals surface area (Å²) < 4.78 is 246. The molecular weight excluding hydrogens is 1040 g/mol. The zero-order valence-corrected chi connectivity index (χ0v) is 38.9. The highest BCUT2D eigenvalue weighted by Gasteiger charge is 2.37. The van der Waals surface area contributed by atoms with Crippen LogP contribution in [0.3, 0.4) is 0 Å². The lowest BCUT2D eigenvalue weighted by atomic mass is 10.0. The van der Waals surface area contributed by atoms with E-state index >= 15 is 43.9 Å². The van der Waals surface area contributed by atoms with Crippen molar-refractivity contribution >= 4 is 66.3 Å². The van der Waals surface area contributed by atoms with Crippen molar-refractivity contribution in [1.29, 1.82) is 0 Å². The van der Waals surface area contributed by atoms with E-state index in [1.165, 1.54) is 21.3 Å². The second kappa shape index (κ2) is 20.7. The zero-order valence-electron chi connectivity index (χ0n) is 37.9. The molecule has 3 aromatic carbocycles. The molecule has 0 unspecified atom stereocenters. The molecule has 0 atom stereocenters. The molecule has 0 fully saturated rings. The lowest BCUT2D eigenvalue weighted by Crippen LogP contribution is -2.44. The highest BCUT2D eigenvalue weighted by molar-refractivity contribution is 6.60. The summed E-state index contributed by atoms with van der Waals surface area (Å²) in [6.45, 7) is -0.288. The van der Waals surface area contributed by atoms with E-state index in [2.05, 4.69) is 35.6 Å². The van der Waals surface area contributed by atoms with E-state index in [0.29, 0.717) is 12.5 Å². The van der Waals surface area contributed by atoms with Crippen molar-refractivity contribution in [1.82, 2.24) is 30.6 Å². The van der Waals surface area contributed by atoms with Gasteiger partial charge >= 0.3 is 14.8 Å². The fourth-order valence-corrected chi connectivity index (χ4v) is 9.86. The Kier molecular flexibility index (Phi) is 14.7. The molecular formula is C47H32F15N7O4Si. The Morgan fingerprint density at radius 3 is 1.34 bits per heavy atom. The van der Waals surface area contributed by atoms with Crippen LogP contribution < -0.4 is 10.6 Å². The van der Waals surface area contributed by atoms with Gasteiger partial charge in [0.15, 0.2) is 69.8 Å². The number of halogens is 15. The highest BCUT2D eigenvalue weighted by Crippen LogP contribution is 2.43. The average molecular weight is 1070 g/mol. The van der Waals surface area contributed by atoms with Gasteiger partial charge in [-0.15, -0.1) is 0 Å². The molecule has 27 heteroatoms. The van der Waals surface area contributed by atoms with Crippen molar-refractivity contribution in [3.8, 4) is 33.4 Å². The number of carbonyl (C=O) groups is 1. The Bertz CT molecular complexity index is 3540. The van der Waals surface area contributed by atoms with Gasteiger partial charge in [-0.25, -0.2) is 75.6 Å². The van der Waals surface area contributed by atoms with Crippen LogP contribution in [0.25, 0.3) is 78.6 Å². The Balaban J connectivity index is 1.42. The van der Waals surface area contributed by atoms with Gasteiger partial charge in [0, 0.05) is 85.5 Å². The monoisotopic (exact) mass is 1070 g/mol. The number of nitrogens with one attached hydrogen (secondary N) is 5. The first-order valence-electron chi connectivity index (χ1n) is 21.3. The van der Waals surface area contributed by atoms with E-state index in [0.717, 1.165) is 48.7 Å². The number of carbonyl (C=O) groups excluding carboxylic acids is 1. The van der Waals surface area contributed by atoms with Crippen LogP contribution in [0.2, 0.25) is 6.04 Å². The molecule has 2 amide bonds. The standard InChI is InChI=1S/C47H32F15N7O4Si/c1-71-74(72-2,73-3)14-4-11-64-47(70)65-13-12-63-16-17-15-24-18-5-6-19(66-18)25(28-31(48)37(54)43(60)38(55)32(28)49)20-7-8-21(67-20)26(29-33(50)39(56)44(61)40(57)34(29)51)22-9-10-23(68-22)27(46(17)69-24)30-35(52)41(58)45(62)42(59)36(30)53/h5-10,15-16,66,68-69H,4,11-14H2,1-3H3,(H2,64,65,70). The number of nitrogens with zero attached hydrogens (tertiary/aromatic N) is 2. The molecule has 11 nitrogen and oxygen atoms in total. The number of benzene rings is 3. The molecule has 8 bridgehead atoms. The summed E-state index contributed by atoms with van der Waals surface area (Å²) in [6, 6.07) is 4.65. The third-order valence-electron chi connectivity index (χ3n) is 11.7. The lowest BCUT2D eigenvalue weighted by Gasteiger charge is -2.24. The Hall–Kier alpha value is -7.62. The summed E-state index contributed by atoms with van der Waals surface area (Å²) in [4.78, 5) is 28.7. The number of fused-ring (bicyclic) bond motifs is 9. The van der Waals surface area contributed by atoms with Crippen LogP contribution in [0.4, 0.5) is 70.7 Å². The smallest absolute Gasteiger partial charge is 0.377 e. The third-order valence-corrected chi connectivity index (χ3v) is 14.6. The number of aromatic amines is 3. The van der Waals surface area contributed by atoms with Crippen LogP contribution in [-0.4, -0.2) is 81.9 Å². The number of aromatic nitrogens is 4. The van der Waals surface area contributed by atoms with Gasteiger partial charge in [0.2, 0.25) is 17.5 Å².